The highest BCUT2D eigenvalue weighted by Gasteiger charge is 2.00. The maximum Gasteiger partial charge on any atom is 0.139 e. The zero-order valence-electron chi connectivity index (χ0n) is 12.3. The largest absolute Gasteiger partial charge is 0.478 e. The van der Waals surface area contributed by atoms with Crippen molar-refractivity contribution in [3.8, 4) is 5.75 Å². The SMILES string of the molecule is c1cc2cc(c1)NCCCCc1ccc(cc1)OCNC2. The van der Waals surface area contributed by atoms with Gasteiger partial charge in [0.15, 0.2) is 0 Å². The fourth-order valence-corrected chi connectivity index (χ4v) is 2.56. The number of anilines is 1. The van der Waals surface area contributed by atoms with Crippen LogP contribution in [-0.4, -0.2) is 13.3 Å². The summed E-state index contributed by atoms with van der Waals surface area (Å²) in [5, 5.41) is 6.81. The van der Waals surface area contributed by atoms with E-state index in [-0.39, 0.29) is 0 Å². The average Bonchev–Trinajstić information content (AvgIpc) is 2.52. The molecule has 2 aromatic carbocycles. The van der Waals surface area contributed by atoms with E-state index in [1.165, 1.54) is 29.7 Å². The quantitative estimate of drug-likeness (QED) is 0.775. The van der Waals surface area contributed by atoms with Gasteiger partial charge in [-0.05, 0) is 54.7 Å². The number of benzene rings is 2. The van der Waals surface area contributed by atoms with Crippen molar-refractivity contribution in [1.82, 2.24) is 5.32 Å². The molecule has 4 rings (SSSR count). The van der Waals surface area contributed by atoms with Crippen LogP contribution >= 0.6 is 0 Å². The third kappa shape index (κ3) is 4.23. The maximum atomic E-state index is 5.70. The molecule has 0 radical (unpaired) electrons. The summed E-state index contributed by atoms with van der Waals surface area (Å²) in [6.07, 6.45) is 3.51. The lowest BCUT2D eigenvalue weighted by Gasteiger charge is -2.12. The molecule has 2 aliphatic heterocycles. The molecule has 0 saturated carbocycles. The minimum absolute atomic E-state index is 0.525. The highest BCUT2D eigenvalue weighted by molar-refractivity contribution is 5.45. The molecule has 0 atom stereocenters. The van der Waals surface area contributed by atoms with Crippen LogP contribution in [0.1, 0.15) is 24.0 Å². The van der Waals surface area contributed by atoms with Gasteiger partial charge < -0.3 is 10.1 Å². The molecule has 0 aromatic heterocycles. The average molecular weight is 282 g/mol. The van der Waals surface area contributed by atoms with Gasteiger partial charge in [0.2, 0.25) is 0 Å². The fourth-order valence-electron chi connectivity index (χ4n) is 2.56. The third-order valence-electron chi connectivity index (χ3n) is 3.74. The number of nitrogens with one attached hydrogen (secondary N) is 2. The number of hydrogen-bond donors (Lipinski definition) is 2. The lowest BCUT2D eigenvalue weighted by atomic mass is 10.1. The van der Waals surface area contributed by atoms with Gasteiger partial charge in [-0.25, -0.2) is 0 Å². The van der Waals surface area contributed by atoms with Crippen LogP contribution in [0.3, 0.4) is 0 Å². The van der Waals surface area contributed by atoms with Gasteiger partial charge in [-0.2, -0.15) is 0 Å². The van der Waals surface area contributed by atoms with Crippen LogP contribution in [0.5, 0.6) is 5.75 Å². The van der Waals surface area contributed by atoms with Crippen molar-refractivity contribution in [3.63, 3.8) is 0 Å². The summed E-state index contributed by atoms with van der Waals surface area (Å²) < 4.78 is 5.70. The van der Waals surface area contributed by atoms with Crippen LogP contribution in [0.15, 0.2) is 48.5 Å². The second kappa shape index (κ2) is 7.14. The van der Waals surface area contributed by atoms with Gasteiger partial charge in [-0.15, -0.1) is 0 Å². The Morgan fingerprint density at radius 3 is 2.71 bits per heavy atom. The van der Waals surface area contributed by atoms with Gasteiger partial charge in [-0.1, -0.05) is 24.3 Å². The number of fused-ring (bicyclic) bond motifs is 9. The van der Waals surface area contributed by atoms with Gasteiger partial charge in [0.25, 0.3) is 0 Å². The number of rotatable bonds is 0. The van der Waals surface area contributed by atoms with E-state index in [1.54, 1.807) is 0 Å². The minimum atomic E-state index is 0.525. The van der Waals surface area contributed by atoms with Crippen LogP contribution in [0.2, 0.25) is 0 Å². The minimum Gasteiger partial charge on any atom is -0.478 e. The molecule has 0 amide bonds. The van der Waals surface area contributed by atoms with Gasteiger partial charge in [0.1, 0.15) is 12.5 Å². The molecule has 2 heterocycles. The third-order valence-corrected chi connectivity index (χ3v) is 3.74. The first-order chi connectivity index (χ1) is 10.4. The Morgan fingerprint density at radius 1 is 0.905 bits per heavy atom. The van der Waals surface area contributed by atoms with E-state index in [0.717, 1.165) is 25.3 Å². The van der Waals surface area contributed by atoms with Crippen LogP contribution in [0, 0.1) is 0 Å². The highest BCUT2D eigenvalue weighted by Crippen LogP contribution is 2.15. The van der Waals surface area contributed by atoms with Crippen molar-refractivity contribution in [2.24, 2.45) is 0 Å². The Kier molecular flexibility index (Phi) is 4.74. The molecule has 0 saturated heterocycles. The first-order valence-electron chi connectivity index (χ1n) is 7.65. The molecule has 4 bridgehead atoms. The van der Waals surface area contributed by atoms with E-state index >= 15 is 0 Å². The summed E-state index contributed by atoms with van der Waals surface area (Å²) in [4.78, 5) is 0. The van der Waals surface area contributed by atoms with Crippen molar-refractivity contribution < 1.29 is 4.74 Å². The van der Waals surface area contributed by atoms with Gasteiger partial charge in [0.05, 0.1) is 0 Å². The lowest BCUT2D eigenvalue weighted by molar-refractivity contribution is 0.282. The molecule has 0 fully saturated rings. The van der Waals surface area contributed by atoms with Crippen molar-refractivity contribution in [1.29, 1.82) is 0 Å². The second-order valence-electron chi connectivity index (χ2n) is 5.44. The van der Waals surface area contributed by atoms with Crippen molar-refractivity contribution >= 4 is 5.69 Å². The van der Waals surface area contributed by atoms with E-state index in [0.29, 0.717) is 6.73 Å². The summed E-state index contributed by atoms with van der Waals surface area (Å²) in [6, 6.07) is 17.0. The smallest absolute Gasteiger partial charge is 0.139 e. The van der Waals surface area contributed by atoms with E-state index in [4.69, 9.17) is 4.74 Å². The molecule has 0 aliphatic carbocycles. The van der Waals surface area contributed by atoms with Crippen molar-refractivity contribution in [2.45, 2.75) is 25.8 Å². The highest BCUT2D eigenvalue weighted by atomic mass is 16.5. The summed E-state index contributed by atoms with van der Waals surface area (Å²) in [5.74, 6) is 0.925. The maximum absolute atomic E-state index is 5.70. The van der Waals surface area contributed by atoms with Crippen LogP contribution < -0.4 is 15.4 Å². The van der Waals surface area contributed by atoms with E-state index < -0.39 is 0 Å². The number of hydrogen-bond acceptors (Lipinski definition) is 3. The zero-order valence-corrected chi connectivity index (χ0v) is 12.3. The zero-order chi connectivity index (χ0) is 14.3. The van der Waals surface area contributed by atoms with Crippen LogP contribution in [-0.2, 0) is 13.0 Å². The molecule has 3 heteroatoms. The molecule has 110 valence electrons. The van der Waals surface area contributed by atoms with Gasteiger partial charge >= 0.3 is 0 Å². The predicted octanol–water partition coefficient (Wildman–Crippen LogP) is 3.56. The standard InChI is InChI=1S/C18H22N2O/c1-2-11-20-17-6-3-5-16(12-17)13-19-14-21-18-9-7-15(4-1)8-10-18/h3,5-10,12,19-20H,1-2,4,11,13-14H2. The predicted molar refractivity (Wildman–Crippen MR) is 86.6 cm³/mol. The van der Waals surface area contributed by atoms with E-state index in [2.05, 4.69) is 59.2 Å². The molecule has 2 aliphatic rings. The first kappa shape index (κ1) is 14.0. The van der Waals surface area contributed by atoms with Crippen molar-refractivity contribution in [2.75, 3.05) is 18.6 Å². The summed E-state index contributed by atoms with van der Waals surface area (Å²) in [5.41, 5.74) is 3.85. The Morgan fingerprint density at radius 2 is 1.81 bits per heavy atom. The Bertz CT molecular complexity index is 566. The summed E-state index contributed by atoms with van der Waals surface area (Å²) in [7, 11) is 0. The normalized spacial score (nSPS) is 16.0. The first-order valence-corrected chi connectivity index (χ1v) is 7.65. The van der Waals surface area contributed by atoms with E-state index in [9.17, 15) is 0 Å². The van der Waals surface area contributed by atoms with E-state index in [1.807, 2.05) is 0 Å². The molecular weight excluding hydrogens is 260 g/mol. The second-order valence-corrected chi connectivity index (χ2v) is 5.44. The summed E-state index contributed by atoms with van der Waals surface area (Å²) in [6.45, 7) is 2.36. The van der Waals surface area contributed by atoms with Gasteiger partial charge in [-0.3, -0.25) is 5.32 Å². The Balaban J connectivity index is 1.68. The van der Waals surface area contributed by atoms with Crippen LogP contribution in [0.4, 0.5) is 5.69 Å². The van der Waals surface area contributed by atoms with Gasteiger partial charge in [0, 0.05) is 18.8 Å². The number of aryl methyl sites for hydroxylation is 1. The molecule has 3 nitrogen and oxygen atoms in total. The molecule has 21 heavy (non-hydrogen) atoms. The number of ether oxygens (including phenoxy) is 1. The molecule has 0 unspecified atom stereocenters. The Labute approximate surface area is 126 Å². The molecule has 2 N–H and O–H groups in total. The Hall–Kier alpha value is -2.00. The molecular formula is C18H22N2O. The summed E-state index contributed by atoms with van der Waals surface area (Å²) >= 11 is 0. The van der Waals surface area contributed by atoms with Crippen molar-refractivity contribution in [3.05, 3.63) is 59.7 Å². The molecule has 2 aromatic rings. The monoisotopic (exact) mass is 282 g/mol. The lowest BCUT2D eigenvalue weighted by Crippen LogP contribution is -2.19. The molecule has 0 spiro atoms. The fraction of sp³-hybridized carbons (Fsp3) is 0.333. The topological polar surface area (TPSA) is 33.3 Å². The van der Waals surface area contributed by atoms with Crippen LogP contribution in [0.25, 0.3) is 0 Å².